The van der Waals surface area contributed by atoms with Gasteiger partial charge in [-0.1, -0.05) is 153 Å². The van der Waals surface area contributed by atoms with E-state index in [9.17, 15) is 9.59 Å². The molecule has 0 fully saturated rings. The number of thiophene rings is 2. The van der Waals surface area contributed by atoms with Gasteiger partial charge >= 0.3 is 0 Å². The van der Waals surface area contributed by atoms with Crippen LogP contribution in [0.4, 0.5) is 0 Å². The Morgan fingerprint density at radius 2 is 0.732 bits per heavy atom. The Bertz CT molecular complexity index is 1800. The van der Waals surface area contributed by atoms with Crippen LogP contribution < -0.4 is 0 Å². The third-order valence-electron chi connectivity index (χ3n) is 11.4. The molecule has 0 bridgehead atoms. The van der Waals surface area contributed by atoms with E-state index in [1.807, 2.05) is 32.5 Å². The molecule has 0 unspecified atom stereocenters. The van der Waals surface area contributed by atoms with Crippen molar-refractivity contribution in [2.45, 2.75) is 143 Å². The summed E-state index contributed by atoms with van der Waals surface area (Å²) in [5.74, 6) is -0.0630. The second kappa shape index (κ2) is 21.1. The zero-order valence-corrected chi connectivity index (χ0v) is 36.2. The lowest BCUT2D eigenvalue weighted by Gasteiger charge is -2.25. The smallest absolute Gasteiger partial charge is 0.261 e. The largest absolute Gasteiger partial charge is 0.307 e. The second-order valence-electron chi connectivity index (χ2n) is 15.8. The van der Waals surface area contributed by atoms with E-state index >= 15 is 0 Å². The van der Waals surface area contributed by atoms with Crippen LogP contribution in [-0.2, 0) is 22.4 Å². The molecule has 2 amide bonds. The molecule has 2 aromatic heterocycles. The molecule has 4 heterocycles. The lowest BCUT2D eigenvalue weighted by molar-refractivity contribution is -0.124. The first-order valence-electron chi connectivity index (χ1n) is 22.0. The van der Waals surface area contributed by atoms with Crippen molar-refractivity contribution >= 4 is 45.9 Å². The van der Waals surface area contributed by atoms with Gasteiger partial charge in [0, 0.05) is 32.6 Å². The third kappa shape index (κ3) is 10.0. The highest BCUT2D eigenvalue weighted by molar-refractivity contribution is 7.15. The summed E-state index contributed by atoms with van der Waals surface area (Å²) >= 11 is 3.77. The maximum Gasteiger partial charge on any atom is 0.261 e. The average Bonchev–Trinajstić information content (AvgIpc) is 4.01. The molecule has 0 saturated heterocycles. The average molecular weight is 789 g/mol. The summed E-state index contributed by atoms with van der Waals surface area (Å²) in [6, 6.07) is 26.3. The fraction of sp³-hybridized carbons (Fsp3) is 0.480. The van der Waals surface area contributed by atoms with Crippen molar-refractivity contribution in [2.75, 3.05) is 13.1 Å². The summed E-state index contributed by atoms with van der Waals surface area (Å²) in [6.07, 6.45) is 21.0. The number of nitrogens with zero attached hydrogens (tertiary/aromatic N) is 2. The van der Waals surface area contributed by atoms with Gasteiger partial charge in [0.2, 0.25) is 0 Å². The molecule has 0 radical (unpaired) electrons. The fourth-order valence-corrected chi connectivity index (χ4v) is 10.3. The molecule has 0 aliphatic carbocycles. The Hall–Kier alpha value is -3.74. The van der Waals surface area contributed by atoms with Crippen LogP contribution in [0, 0.1) is 0 Å². The standard InChI is InChI=1S/C50H64N2O2S2/c1-5-9-13-17-21-41-31-33-43(55-41)37-23-27-39(28-24-37)47-45-46(50(54)51(47)35-19-15-11-7-3)48(52(49(45)53)36-20-16-12-8-4)40-29-25-38(26-30-40)44-34-32-42(56-44)22-18-14-10-6-2/h23-34H,5-22,35-36H2,1-4H3. The monoisotopic (exact) mass is 788 g/mol. The summed E-state index contributed by atoms with van der Waals surface area (Å²) < 4.78 is 0. The van der Waals surface area contributed by atoms with Crippen LogP contribution in [-0.4, -0.2) is 34.7 Å². The molecule has 56 heavy (non-hydrogen) atoms. The number of hydrogen-bond acceptors (Lipinski definition) is 4. The minimum Gasteiger partial charge on any atom is -0.307 e. The zero-order chi connectivity index (χ0) is 39.3. The van der Waals surface area contributed by atoms with Crippen LogP contribution in [0.5, 0.6) is 0 Å². The molecular weight excluding hydrogens is 725 g/mol. The second-order valence-corrected chi connectivity index (χ2v) is 18.1. The first kappa shape index (κ1) is 41.9. The van der Waals surface area contributed by atoms with E-state index < -0.39 is 0 Å². The predicted octanol–water partition coefficient (Wildman–Crippen LogP) is 14.4. The van der Waals surface area contributed by atoms with E-state index in [2.05, 4.69) is 100 Å². The Morgan fingerprint density at radius 3 is 1.09 bits per heavy atom. The Balaban J connectivity index is 1.34. The number of benzene rings is 2. The van der Waals surface area contributed by atoms with Crippen LogP contribution in [0.3, 0.4) is 0 Å². The summed E-state index contributed by atoms with van der Waals surface area (Å²) in [6.45, 7) is 10.2. The topological polar surface area (TPSA) is 40.6 Å². The van der Waals surface area contributed by atoms with Crippen LogP contribution in [0.1, 0.15) is 151 Å². The van der Waals surface area contributed by atoms with Crippen LogP contribution >= 0.6 is 22.7 Å². The number of amides is 2. The normalized spacial score (nSPS) is 14.3. The number of rotatable bonds is 24. The Morgan fingerprint density at radius 1 is 0.393 bits per heavy atom. The summed E-state index contributed by atoms with van der Waals surface area (Å²) in [7, 11) is 0. The molecule has 6 rings (SSSR count). The lowest BCUT2D eigenvalue weighted by atomic mass is 10.0. The van der Waals surface area contributed by atoms with Gasteiger partial charge in [-0.05, 0) is 85.0 Å². The van der Waals surface area contributed by atoms with Crippen LogP contribution in [0.2, 0.25) is 0 Å². The van der Waals surface area contributed by atoms with E-state index in [0.29, 0.717) is 24.2 Å². The van der Waals surface area contributed by atoms with Crippen molar-refractivity contribution in [1.29, 1.82) is 0 Å². The molecule has 0 spiro atoms. The molecular formula is C50H64N2O2S2. The van der Waals surface area contributed by atoms with Crippen molar-refractivity contribution in [3.8, 4) is 20.9 Å². The SMILES string of the molecule is CCCCCCc1ccc(-c2ccc(C3=C4C(=O)N(CCCCCC)C(c5ccc(-c6ccc(CCCCCC)s6)cc5)=C4C(=O)N3CCCCCC)cc2)s1. The molecule has 2 aliphatic heterocycles. The summed E-state index contributed by atoms with van der Waals surface area (Å²) in [4.78, 5) is 38.8. The van der Waals surface area contributed by atoms with Gasteiger partial charge in [-0.2, -0.15) is 0 Å². The summed E-state index contributed by atoms with van der Waals surface area (Å²) in [5, 5.41) is 0. The first-order chi connectivity index (χ1) is 27.5. The Labute approximate surface area is 345 Å². The van der Waals surface area contributed by atoms with E-state index in [1.54, 1.807) is 0 Å². The van der Waals surface area contributed by atoms with E-state index in [0.717, 1.165) is 86.7 Å². The molecule has 298 valence electrons. The van der Waals surface area contributed by atoms with Gasteiger partial charge in [0.05, 0.1) is 22.5 Å². The number of fused-ring (bicyclic) bond motifs is 1. The highest BCUT2D eigenvalue weighted by Gasteiger charge is 2.48. The van der Waals surface area contributed by atoms with E-state index in [4.69, 9.17) is 0 Å². The maximum absolute atomic E-state index is 14.8. The molecule has 6 heteroatoms. The molecule has 2 aliphatic rings. The minimum absolute atomic E-state index is 0.0315. The molecule has 0 saturated carbocycles. The van der Waals surface area contributed by atoms with Gasteiger partial charge in [0.1, 0.15) is 0 Å². The van der Waals surface area contributed by atoms with Crippen molar-refractivity contribution < 1.29 is 9.59 Å². The highest BCUT2D eigenvalue weighted by atomic mass is 32.1. The highest BCUT2D eigenvalue weighted by Crippen LogP contribution is 2.47. The summed E-state index contributed by atoms with van der Waals surface area (Å²) in [5.41, 5.74) is 7.00. The minimum atomic E-state index is -0.0315. The predicted molar refractivity (Wildman–Crippen MR) is 241 cm³/mol. The molecule has 2 aromatic carbocycles. The van der Waals surface area contributed by atoms with Crippen molar-refractivity contribution in [1.82, 2.24) is 9.80 Å². The van der Waals surface area contributed by atoms with E-state index in [1.165, 1.54) is 82.0 Å². The number of unbranched alkanes of at least 4 members (excludes halogenated alkanes) is 12. The quantitative estimate of drug-likeness (QED) is 0.0664. The lowest BCUT2D eigenvalue weighted by Crippen LogP contribution is -2.31. The van der Waals surface area contributed by atoms with Gasteiger partial charge in [-0.25, -0.2) is 0 Å². The number of carbonyl (C=O) groups is 2. The Kier molecular flexibility index (Phi) is 15.8. The van der Waals surface area contributed by atoms with Crippen LogP contribution in [0.25, 0.3) is 32.3 Å². The number of hydrogen-bond donors (Lipinski definition) is 0. The molecule has 0 N–H and O–H groups in total. The van der Waals surface area contributed by atoms with Crippen molar-refractivity contribution in [3.05, 3.63) is 105 Å². The van der Waals surface area contributed by atoms with Crippen molar-refractivity contribution in [3.63, 3.8) is 0 Å². The first-order valence-corrected chi connectivity index (χ1v) is 23.6. The zero-order valence-electron chi connectivity index (χ0n) is 34.6. The van der Waals surface area contributed by atoms with E-state index in [-0.39, 0.29) is 11.8 Å². The maximum atomic E-state index is 14.8. The molecule has 0 atom stereocenters. The molecule has 4 nitrogen and oxygen atoms in total. The number of aryl methyl sites for hydroxylation is 2. The van der Waals surface area contributed by atoms with Gasteiger partial charge < -0.3 is 9.80 Å². The van der Waals surface area contributed by atoms with Gasteiger partial charge in [-0.3, -0.25) is 9.59 Å². The fourth-order valence-electron chi connectivity index (χ4n) is 8.19. The van der Waals surface area contributed by atoms with Crippen molar-refractivity contribution in [2.24, 2.45) is 0 Å². The van der Waals surface area contributed by atoms with Gasteiger partial charge in [0.25, 0.3) is 11.8 Å². The molecule has 4 aromatic rings. The third-order valence-corrected chi connectivity index (χ3v) is 13.8. The van der Waals surface area contributed by atoms with Crippen LogP contribution in [0.15, 0.2) is 83.9 Å². The number of carbonyl (C=O) groups excluding carboxylic acids is 2. The van der Waals surface area contributed by atoms with Gasteiger partial charge in [0.15, 0.2) is 0 Å². The van der Waals surface area contributed by atoms with Gasteiger partial charge in [-0.15, -0.1) is 22.7 Å².